The SMILES string of the molecule is NCCCCCN1CCN(c2cccc3ccccc23)CC1. The average molecular weight is 297 g/mol. The van der Waals surface area contributed by atoms with E-state index in [0.29, 0.717) is 0 Å². The summed E-state index contributed by atoms with van der Waals surface area (Å²) in [6.45, 7) is 6.66. The van der Waals surface area contributed by atoms with E-state index in [1.165, 1.54) is 48.9 Å². The highest BCUT2D eigenvalue weighted by Crippen LogP contribution is 2.27. The third-order valence-corrected chi connectivity index (χ3v) is 4.66. The van der Waals surface area contributed by atoms with Crippen LogP contribution in [0.5, 0.6) is 0 Å². The Kier molecular flexibility index (Phi) is 5.30. The molecule has 1 aliphatic rings. The first-order valence-electron chi connectivity index (χ1n) is 8.53. The summed E-state index contributed by atoms with van der Waals surface area (Å²) in [6, 6.07) is 15.3. The van der Waals surface area contributed by atoms with E-state index in [9.17, 15) is 0 Å². The first-order valence-corrected chi connectivity index (χ1v) is 8.53. The third kappa shape index (κ3) is 3.60. The second kappa shape index (κ2) is 7.61. The molecule has 1 saturated heterocycles. The molecule has 2 aromatic carbocycles. The highest BCUT2D eigenvalue weighted by atomic mass is 15.3. The molecule has 0 aliphatic carbocycles. The Morgan fingerprint density at radius 2 is 1.59 bits per heavy atom. The van der Waals surface area contributed by atoms with Gasteiger partial charge < -0.3 is 10.6 Å². The minimum Gasteiger partial charge on any atom is -0.368 e. The summed E-state index contributed by atoms with van der Waals surface area (Å²) in [5.41, 5.74) is 6.95. The van der Waals surface area contributed by atoms with E-state index in [-0.39, 0.29) is 0 Å². The molecule has 3 rings (SSSR count). The molecule has 0 atom stereocenters. The Labute approximate surface area is 133 Å². The quantitative estimate of drug-likeness (QED) is 0.832. The Balaban J connectivity index is 1.59. The number of hydrogen-bond acceptors (Lipinski definition) is 3. The summed E-state index contributed by atoms with van der Waals surface area (Å²) in [5, 5.41) is 2.71. The van der Waals surface area contributed by atoms with Crippen LogP contribution in [0.15, 0.2) is 42.5 Å². The molecule has 0 unspecified atom stereocenters. The molecule has 1 aliphatic heterocycles. The van der Waals surface area contributed by atoms with Crippen LogP contribution in [0.2, 0.25) is 0 Å². The molecule has 22 heavy (non-hydrogen) atoms. The van der Waals surface area contributed by atoms with Crippen molar-refractivity contribution >= 4 is 16.5 Å². The normalized spacial score (nSPS) is 16.3. The van der Waals surface area contributed by atoms with Gasteiger partial charge in [0.05, 0.1) is 0 Å². The van der Waals surface area contributed by atoms with E-state index in [2.05, 4.69) is 52.3 Å². The fourth-order valence-corrected chi connectivity index (χ4v) is 3.35. The van der Waals surface area contributed by atoms with Crippen molar-refractivity contribution in [3.05, 3.63) is 42.5 Å². The number of nitrogens with zero attached hydrogens (tertiary/aromatic N) is 2. The van der Waals surface area contributed by atoms with E-state index < -0.39 is 0 Å². The lowest BCUT2D eigenvalue weighted by molar-refractivity contribution is 0.252. The van der Waals surface area contributed by atoms with Crippen LogP contribution in [0, 0.1) is 0 Å². The zero-order valence-corrected chi connectivity index (χ0v) is 13.4. The minimum atomic E-state index is 0.828. The Hall–Kier alpha value is -1.58. The highest BCUT2D eigenvalue weighted by Gasteiger charge is 2.17. The van der Waals surface area contributed by atoms with Crippen molar-refractivity contribution in [2.75, 3.05) is 44.2 Å². The van der Waals surface area contributed by atoms with Crippen molar-refractivity contribution in [2.45, 2.75) is 19.3 Å². The van der Waals surface area contributed by atoms with Crippen molar-refractivity contribution < 1.29 is 0 Å². The molecule has 0 aromatic heterocycles. The fraction of sp³-hybridized carbons (Fsp3) is 0.474. The maximum absolute atomic E-state index is 5.56. The Morgan fingerprint density at radius 1 is 0.818 bits per heavy atom. The molecular formula is C19H27N3. The van der Waals surface area contributed by atoms with Gasteiger partial charge in [-0.25, -0.2) is 0 Å². The van der Waals surface area contributed by atoms with Gasteiger partial charge in [-0.15, -0.1) is 0 Å². The van der Waals surface area contributed by atoms with Gasteiger partial charge in [0, 0.05) is 37.3 Å². The number of rotatable bonds is 6. The molecule has 0 bridgehead atoms. The number of piperazine rings is 1. The molecule has 1 fully saturated rings. The van der Waals surface area contributed by atoms with Gasteiger partial charge >= 0.3 is 0 Å². The topological polar surface area (TPSA) is 32.5 Å². The van der Waals surface area contributed by atoms with Crippen LogP contribution in [0.3, 0.4) is 0 Å². The number of anilines is 1. The van der Waals surface area contributed by atoms with Crippen LogP contribution >= 0.6 is 0 Å². The van der Waals surface area contributed by atoms with Crippen LogP contribution in [0.1, 0.15) is 19.3 Å². The zero-order chi connectivity index (χ0) is 15.2. The standard InChI is InChI=1S/C19H27N3/c20-11-4-1-5-12-21-13-15-22(16-14-21)19-10-6-8-17-7-2-3-9-18(17)19/h2-3,6-10H,1,4-5,11-16,20H2. The van der Waals surface area contributed by atoms with Crippen molar-refractivity contribution in [1.82, 2.24) is 4.90 Å². The zero-order valence-electron chi connectivity index (χ0n) is 13.4. The Morgan fingerprint density at radius 3 is 2.41 bits per heavy atom. The van der Waals surface area contributed by atoms with Crippen molar-refractivity contribution in [1.29, 1.82) is 0 Å². The predicted octanol–water partition coefficient (Wildman–Crippen LogP) is 3.09. The van der Waals surface area contributed by atoms with Crippen LogP contribution < -0.4 is 10.6 Å². The molecular weight excluding hydrogens is 270 g/mol. The second-order valence-electron chi connectivity index (χ2n) is 6.18. The van der Waals surface area contributed by atoms with Crippen molar-refractivity contribution in [2.24, 2.45) is 5.73 Å². The number of unbranched alkanes of at least 4 members (excludes halogenated alkanes) is 2. The van der Waals surface area contributed by atoms with Gasteiger partial charge in [-0.05, 0) is 37.4 Å². The van der Waals surface area contributed by atoms with E-state index in [4.69, 9.17) is 5.73 Å². The van der Waals surface area contributed by atoms with Gasteiger partial charge in [0.1, 0.15) is 0 Å². The number of hydrogen-bond donors (Lipinski definition) is 1. The number of benzene rings is 2. The van der Waals surface area contributed by atoms with Gasteiger partial charge in [-0.3, -0.25) is 4.90 Å². The fourth-order valence-electron chi connectivity index (χ4n) is 3.35. The van der Waals surface area contributed by atoms with Crippen LogP contribution in [0.25, 0.3) is 10.8 Å². The molecule has 118 valence electrons. The molecule has 0 spiro atoms. The molecule has 0 amide bonds. The summed E-state index contributed by atoms with van der Waals surface area (Å²) in [5.74, 6) is 0. The Bertz CT molecular complexity index is 583. The van der Waals surface area contributed by atoms with E-state index in [1.807, 2.05) is 0 Å². The molecule has 3 nitrogen and oxygen atoms in total. The summed E-state index contributed by atoms with van der Waals surface area (Å²) < 4.78 is 0. The molecule has 3 heteroatoms. The lowest BCUT2D eigenvalue weighted by Gasteiger charge is -2.36. The van der Waals surface area contributed by atoms with Gasteiger partial charge in [-0.2, -0.15) is 0 Å². The van der Waals surface area contributed by atoms with Gasteiger partial charge in [-0.1, -0.05) is 42.8 Å². The maximum atomic E-state index is 5.56. The lowest BCUT2D eigenvalue weighted by Crippen LogP contribution is -2.46. The number of nitrogens with two attached hydrogens (primary N) is 1. The summed E-state index contributed by atoms with van der Waals surface area (Å²) in [7, 11) is 0. The van der Waals surface area contributed by atoms with Crippen LogP contribution in [-0.4, -0.2) is 44.2 Å². The van der Waals surface area contributed by atoms with Crippen LogP contribution in [0.4, 0.5) is 5.69 Å². The van der Waals surface area contributed by atoms with E-state index in [0.717, 1.165) is 26.1 Å². The maximum Gasteiger partial charge on any atom is 0.0446 e. The second-order valence-corrected chi connectivity index (χ2v) is 6.18. The summed E-state index contributed by atoms with van der Waals surface area (Å²) >= 11 is 0. The largest absolute Gasteiger partial charge is 0.368 e. The lowest BCUT2D eigenvalue weighted by atomic mass is 10.1. The van der Waals surface area contributed by atoms with Gasteiger partial charge in [0.2, 0.25) is 0 Å². The molecule has 1 heterocycles. The molecule has 0 saturated carbocycles. The van der Waals surface area contributed by atoms with Crippen LogP contribution in [-0.2, 0) is 0 Å². The van der Waals surface area contributed by atoms with Gasteiger partial charge in [0.25, 0.3) is 0 Å². The summed E-state index contributed by atoms with van der Waals surface area (Å²) in [4.78, 5) is 5.14. The molecule has 2 N–H and O–H groups in total. The first-order chi connectivity index (χ1) is 10.9. The monoisotopic (exact) mass is 297 g/mol. The predicted molar refractivity (Wildman–Crippen MR) is 95.5 cm³/mol. The minimum absolute atomic E-state index is 0.828. The highest BCUT2D eigenvalue weighted by molar-refractivity contribution is 5.94. The molecule has 0 radical (unpaired) electrons. The number of fused-ring (bicyclic) bond motifs is 1. The average Bonchev–Trinajstić information content (AvgIpc) is 2.59. The van der Waals surface area contributed by atoms with Crippen molar-refractivity contribution in [3.8, 4) is 0 Å². The smallest absolute Gasteiger partial charge is 0.0446 e. The van der Waals surface area contributed by atoms with E-state index in [1.54, 1.807) is 0 Å². The van der Waals surface area contributed by atoms with E-state index >= 15 is 0 Å². The van der Waals surface area contributed by atoms with Crippen molar-refractivity contribution in [3.63, 3.8) is 0 Å². The first kappa shape index (κ1) is 15.3. The van der Waals surface area contributed by atoms with Gasteiger partial charge in [0.15, 0.2) is 0 Å². The summed E-state index contributed by atoms with van der Waals surface area (Å²) in [6.07, 6.45) is 3.71. The molecule has 2 aromatic rings. The third-order valence-electron chi connectivity index (χ3n) is 4.66.